The molecule has 0 radical (unpaired) electrons. The van der Waals surface area contributed by atoms with Gasteiger partial charge in [-0.05, 0) is 30.5 Å². The molecule has 1 aromatic carbocycles. The Kier molecular flexibility index (Phi) is 4.50. The largest absolute Gasteiger partial charge is 0.478 e. The van der Waals surface area contributed by atoms with E-state index in [9.17, 15) is 14.0 Å². The Labute approximate surface area is 116 Å². The number of halogens is 1. The number of hydrogen-bond donors (Lipinski definition) is 2. The van der Waals surface area contributed by atoms with Crippen molar-refractivity contribution in [2.24, 2.45) is 5.92 Å². The highest BCUT2D eigenvalue weighted by atomic mass is 19.1. The third-order valence-corrected chi connectivity index (χ3v) is 3.20. The molecule has 0 spiro atoms. The van der Waals surface area contributed by atoms with E-state index in [4.69, 9.17) is 5.11 Å². The lowest BCUT2D eigenvalue weighted by molar-refractivity contribution is -0.131. The first-order valence-electron chi connectivity index (χ1n) is 6.55. The summed E-state index contributed by atoms with van der Waals surface area (Å²) in [4.78, 5) is 22.2. The number of rotatable bonds is 6. The van der Waals surface area contributed by atoms with Crippen molar-refractivity contribution in [3.8, 4) is 0 Å². The molecule has 1 amide bonds. The molecule has 2 N–H and O–H groups in total. The van der Waals surface area contributed by atoms with E-state index >= 15 is 0 Å². The van der Waals surface area contributed by atoms with Crippen molar-refractivity contribution < 1.29 is 19.1 Å². The molecule has 0 unspecified atom stereocenters. The second-order valence-electron chi connectivity index (χ2n) is 4.90. The van der Waals surface area contributed by atoms with Crippen molar-refractivity contribution in [1.29, 1.82) is 0 Å². The van der Waals surface area contributed by atoms with Gasteiger partial charge in [-0.15, -0.1) is 0 Å². The van der Waals surface area contributed by atoms with Gasteiger partial charge in [0.15, 0.2) is 0 Å². The number of nitrogens with one attached hydrogen (secondary N) is 1. The van der Waals surface area contributed by atoms with E-state index in [1.165, 1.54) is 25.0 Å². The first-order valence-corrected chi connectivity index (χ1v) is 6.55. The van der Waals surface area contributed by atoms with Crippen molar-refractivity contribution in [3.05, 3.63) is 41.2 Å². The van der Waals surface area contributed by atoms with Crippen LogP contribution in [0.1, 0.15) is 35.2 Å². The third-order valence-electron chi connectivity index (χ3n) is 3.20. The molecule has 0 saturated heterocycles. The number of amides is 1. The lowest BCUT2D eigenvalue weighted by Crippen LogP contribution is -2.24. The summed E-state index contributed by atoms with van der Waals surface area (Å²) < 4.78 is 13.7. The lowest BCUT2D eigenvalue weighted by Gasteiger charge is -2.05. The van der Waals surface area contributed by atoms with Gasteiger partial charge in [-0.1, -0.05) is 18.9 Å². The van der Waals surface area contributed by atoms with Gasteiger partial charge < -0.3 is 10.4 Å². The van der Waals surface area contributed by atoms with Gasteiger partial charge in [0.2, 0.25) is 0 Å². The predicted molar refractivity (Wildman–Crippen MR) is 72.7 cm³/mol. The van der Waals surface area contributed by atoms with E-state index in [1.54, 1.807) is 0 Å². The maximum atomic E-state index is 13.7. The minimum Gasteiger partial charge on any atom is -0.478 e. The van der Waals surface area contributed by atoms with Crippen molar-refractivity contribution >= 4 is 18.0 Å². The Bertz CT molecular complexity index is 550. The zero-order valence-corrected chi connectivity index (χ0v) is 10.9. The Morgan fingerprint density at radius 1 is 1.40 bits per heavy atom. The van der Waals surface area contributed by atoms with Gasteiger partial charge in [-0.3, -0.25) is 4.79 Å². The Morgan fingerprint density at radius 2 is 2.15 bits per heavy atom. The van der Waals surface area contributed by atoms with Gasteiger partial charge in [0.25, 0.3) is 5.91 Å². The standard InChI is InChI=1S/C15H16FNO3/c16-13-9-12(4-3-11(13)5-6-14(18)19)15(20)17-8-7-10-1-2-10/h3-6,9-10H,1-2,7-8H2,(H,17,20)(H,18,19). The molecule has 1 aliphatic rings. The quantitative estimate of drug-likeness (QED) is 0.785. The fraction of sp³-hybridized carbons (Fsp3) is 0.333. The van der Waals surface area contributed by atoms with Crippen LogP contribution in [0.3, 0.4) is 0 Å². The van der Waals surface area contributed by atoms with Crippen LogP contribution < -0.4 is 5.32 Å². The van der Waals surface area contributed by atoms with Crippen LogP contribution in [0.25, 0.3) is 6.08 Å². The molecule has 2 rings (SSSR count). The maximum Gasteiger partial charge on any atom is 0.328 e. The number of carbonyl (C=O) groups is 2. The van der Waals surface area contributed by atoms with E-state index in [0.717, 1.165) is 30.6 Å². The molecule has 0 bridgehead atoms. The Balaban J connectivity index is 1.96. The first-order chi connectivity index (χ1) is 9.56. The van der Waals surface area contributed by atoms with E-state index in [2.05, 4.69) is 5.32 Å². The third kappa shape index (κ3) is 4.19. The van der Waals surface area contributed by atoms with E-state index in [-0.39, 0.29) is 17.0 Å². The number of carbonyl (C=O) groups excluding carboxylic acids is 1. The molecule has 5 heteroatoms. The molecule has 1 fully saturated rings. The molecule has 1 saturated carbocycles. The summed E-state index contributed by atoms with van der Waals surface area (Å²) in [6.07, 6.45) is 5.44. The van der Waals surface area contributed by atoms with Crippen molar-refractivity contribution in [2.45, 2.75) is 19.3 Å². The van der Waals surface area contributed by atoms with E-state index in [0.29, 0.717) is 6.54 Å². The summed E-state index contributed by atoms with van der Waals surface area (Å²) in [5.41, 5.74) is 0.382. The summed E-state index contributed by atoms with van der Waals surface area (Å²) in [5.74, 6) is -1.34. The highest BCUT2D eigenvalue weighted by Crippen LogP contribution is 2.31. The molecular formula is C15H16FNO3. The monoisotopic (exact) mass is 277 g/mol. The van der Waals surface area contributed by atoms with Crippen molar-refractivity contribution in [3.63, 3.8) is 0 Å². The molecule has 1 aromatic rings. The first kappa shape index (κ1) is 14.2. The fourth-order valence-electron chi connectivity index (χ4n) is 1.86. The fourth-order valence-corrected chi connectivity index (χ4v) is 1.86. The molecule has 0 aromatic heterocycles. The van der Waals surface area contributed by atoms with Gasteiger partial charge in [0.05, 0.1) is 0 Å². The highest BCUT2D eigenvalue weighted by Gasteiger charge is 2.20. The van der Waals surface area contributed by atoms with Crippen LogP contribution in [0.4, 0.5) is 4.39 Å². The van der Waals surface area contributed by atoms with Gasteiger partial charge in [0.1, 0.15) is 5.82 Å². The van der Waals surface area contributed by atoms with Crippen LogP contribution in [0, 0.1) is 11.7 Å². The van der Waals surface area contributed by atoms with Crippen molar-refractivity contribution in [2.75, 3.05) is 6.54 Å². The molecule has 20 heavy (non-hydrogen) atoms. The smallest absolute Gasteiger partial charge is 0.328 e. The molecule has 106 valence electrons. The number of hydrogen-bond acceptors (Lipinski definition) is 2. The summed E-state index contributed by atoms with van der Waals surface area (Å²) in [7, 11) is 0. The number of carboxylic acid groups (broad SMARTS) is 1. The Hall–Kier alpha value is -2.17. The van der Waals surface area contributed by atoms with Gasteiger partial charge in [-0.25, -0.2) is 9.18 Å². The molecule has 0 aliphatic heterocycles. The van der Waals surface area contributed by atoms with Crippen LogP contribution in [0.5, 0.6) is 0 Å². The molecule has 1 aliphatic carbocycles. The Morgan fingerprint density at radius 3 is 2.75 bits per heavy atom. The highest BCUT2D eigenvalue weighted by molar-refractivity contribution is 5.94. The van der Waals surface area contributed by atoms with Crippen molar-refractivity contribution in [1.82, 2.24) is 5.32 Å². The molecule has 0 heterocycles. The minimum atomic E-state index is -1.15. The van der Waals surface area contributed by atoms with E-state index in [1.807, 2.05) is 0 Å². The second kappa shape index (κ2) is 6.32. The average Bonchev–Trinajstić information content (AvgIpc) is 3.21. The summed E-state index contributed by atoms with van der Waals surface area (Å²) >= 11 is 0. The van der Waals surface area contributed by atoms with Crippen LogP contribution in [0.2, 0.25) is 0 Å². The SMILES string of the molecule is O=C(O)C=Cc1ccc(C(=O)NCCC2CC2)cc1F. The van der Waals surface area contributed by atoms with Crippen LogP contribution in [-0.4, -0.2) is 23.5 Å². The summed E-state index contributed by atoms with van der Waals surface area (Å²) in [6, 6.07) is 4.00. The van der Waals surface area contributed by atoms with Gasteiger partial charge >= 0.3 is 5.97 Å². The maximum absolute atomic E-state index is 13.7. The zero-order valence-electron chi connectivity index (χ0n) is 10.9. The summed E-state index contributed by atoms with van der Waals surface area (Å²) in [5, 5.41) is 11.2. The zero-order chi connectivity index (χ0) is 14.5. The normalized spacial score (nSPS) is 14.4. The topological polar surface area (TPSA) is 66.4 Å². The van der Waals surface area contributed by atoms with Crippen LogP contribution >= 0.6 is 0 Å². The van der Waals surface area contributed by atoms with Gasteiger partial charge in [-0.2, -0.15) is 0 Å². The minimum absolute atomic E-state index is 0.141. The molecule has 0 atom stereocenters. The predicted octanol–water partition coefficient (Wildman–Crippen LogP) is 2.45. The van der Waals surface area contributed by atoms with Gasteiger partial charge in [0, 0.05) is 23.7 Å². The number of carboxylic acids is 1. The molecular weight excluding hydrogens is 261 g/mol. The summed E-state index contributed by atoms with van der Waals surface area (Å²) in [6.45, 7) is 0.603. The second-order valence-corrected chi connectivity index (χ2v) is 4.90. The van der Waals surface area contributed by atoms with E-state index < -0.39 is 11.8 Å². The molecule has 4 nitrogen and oxygen atoms in total. The number of aliphatic carboxylic acids is 1. The van der Waals surface area contributed by atoms with Crippen LogP contribution in [-0.2, 0) is 4.79 Å². The number of benzene rings is 1. The lowest BCUT2D eigenvalue weighted by atomic mass is 10.1. The average molecular weight is 277 g/mol. The van der Waals surface area contributed by atoms with Crippen LogP contribution in [0.15, 0.2) is 24.3 Å².